The van der Waals surface area contributed by atoms with Crippen molar-refractivity contribution in [1.82, 2.24) is 0 Å². The number of esters is 1. The van der Waals surface area contributed by atoms with Crippen molar-refractivity contribution in [2.24, 2.45) is 0 Å². The molecule has 0 aliphatic carbocycles. The van der Waals surface area contributed by atoms with Gasteiger partial charge in [0.2, 0.25) is 0 Å². The summed E-state index contributed by atoms with van der Waals surface area (Å²) in [4.78, 5) is 11.5. The number of aliphatic hydroxyl groups excluding tert-OH is 2. The Bertz CT molecular complexity index is 219. The zero-order valence-corrected chi connectivity index (χ0v) is 13.5. The van der Waals surface area contributed by atoms with E-state index in [1.54, 1.807) is 0 Å². The average Bonchev–Trinajstić information content (AvgIpc) is 2.49. The molecule has 0 heterocycles. The number of unbranched alkanes of at least 4 members (excludes halogenated alkanes) is 10. The van der Waals surface area contributed by atoms with Gasteiger partial charge in [0.15, 0.2) is 0 Å². The predicted octanol–water partition coefficient (Wildman–Crippen LogP) is 3.59. The second-order valence-corrected chi connectivity index (χ2v) is 5.66. The lowest BCUT2D eigenvalue weighted by Crippen LogP contribution is -2.05. The van der Waals surface area contributed by atoms with Gasteiger partial charge in [-0.05, 0) is 25.7 Å². The number of carbonyl (C=O) groups is 1. The molecule has 0 aromatic carbocycles. The fourth-order valence-electron chi connectivity index (χ4n) is 2.27. The maximum Gasteiger partial charge on any atom is 0.305 e. The van der Waals surface area contributed by atoms with Gasteiger partial charge in [-0.15, -0.1) is 0 Å². The van der Waals surface area contributed by atoms with Crippen molar-refractivity contribution >= 4 is 5.97 Å². The maximum absolute atomic E-state index is 11.5. The minimum atomic E-state index is -0.0642. The summed E-state index contributed by atoms with van der Waals surface area (Å²) in [6, 6.07) is 0. The molecule has 0 amide bonds. The molecule has 0 aromatic heterocycles. The van der Waals surface area contributed by atoms with Crippen molar-refractivity contribution in [3.63, 3.8) is 0 Å². The summed E-state index contributed by atoms with van der Waals surface area (Å²) < 4.78 is 5.20. The van der Waals surface area contributed by atoms with Crippen molar-refractivity contribution in [3.05, 3.63) is 0 Å². The molecule has 0 saturated heterocycles. The van der Waals surface area contributed by atoms with E-state index in [0.717, 1.165) is 77.0 Å². The minimum Gasteiger partial charge on any atom is -0.466 e. The van der Waals surface area contributed by atoms with Crippen LogP contribution in [0.4, 0.5) is 0 Å². The van der Waals surface area contributed by atoms with Gasteiger partial charge in [0, 0.05) is 19.6 Å². The van der Waals surface area contributed by atoms with E-state index in [1.807, 2.05) is 0 Å². The molecule has 0 radical (unpaired) electrons. The normalized spacial score (nSPS) is 10.8. The number of aliphatic hydroxyl groups is 2. The van der Waals surface area contributed by atoms with Crippen LogP contribution in [-0.4, -0.2) is 36.0 Å². The molecule has 2 N–H and O–H groups in total. The van der Waals surface area contributed by atoms with E-state index in [-0.39, 0.29) is 12.6 Å². The molecule has 0 atom stereocenters. The van der Waals surface area contributed by atoms with Crippen molar-refractivity contribution in [2.75, 3.05) is 19.8 Å². The minimum absolute atomic E-state index is 0.0642. The number of ether oxygens (including phenoxy) is 1. The van der Waals surface area contributed by atoms with Crippen LogP contribution < -0.4 is 0 Å². The molecular weight excluding hydrogens is 268 g/mol. The van der Waals surface area contributed by atoms with Gasteiger partial charge in [0.1, 0.15) is 0 Å². The van der Waals surface area contributed by atoms with Crippen LogP contribution in [-0.2, 0) is 9.53 Å². The van der Waals surface area contributed by atoms with Crippen molar-refractivity contribution in [3.8, 4) is 0 Å². The third-order valence-electron chi connectivity index (χ3n) is 3.60. The Morgan fingerprint density at radius 1 is 0.619 bits per heavy atom. The summed E-state index contributed by atoms with van der Waals surface area (Å²) in [5.41, 5.74) is 0. The number of hydrogen-bond donors (Lipinski definition) is 2. The van der Waals surface area contributed by atoms with E-state index in [2.05, 4.69) is 0 Å². The number of rotatable bonds is 16. The summed E-state index contributed by atoms with van der Waals surface area (Å²) in [5.74, 6) is -0.0642. The third kappa shape index (κ3) is 17.3. The van der Waals surface area contributed by atoms with Crippen LogP contribution in [0.5, 0.6) is 0 Å². The highest BCUT2D eigenvalue weighted by Crippen LogP contribution is 2.08. The van der Waals surface area contributed by atoms with E-state index in [9.17, 15) is 4.79 Å². The second-order valence-electron chi connectivity index (χ2n) is 5.66. The van der Waals surface area contributed by atoms with Gasteiger partial charge in [-0.25, -0.2) is 0 Å². The monoisotopic (exact) mass is 302 g/mol. The highest BCUT2D eigenvalue weighted by molar-refractivity contribution is 5.69. The van der Waals surface area contributed by atoms with Gasteiger partial charge in [-0.2, -0.15) is 0 Å². The maximum atomic E-state index is 11.5. The molecule has 0 saturated carbocycles. The Kier molecular flexibility index (Phi) is 16.9. The van der Waals surface area contributed by atoms with E-state index in [0.29, 0.717) is 19.6 Å². The SMILES string of the molecule is O=C(CCCCCCCCO)OCCCCCCCCO. The van der Waals surface area contributed by atoms with Crippen LogP contribution in [0.3, 0.4) is 0 Å². The Morgan fingerprint density at radius 3 is 1.57 bits per heavy atom. The quantitative estimate of drug-likeness (QED) is 0.338. The Labute approximate surface area is 129 Å². The van der Waals surface area contributed by atoms with Gasteiger partial charge >= 0.3 is 5.97 Å². The van der Waals surface area contributed by atoms with Crippen molar-refractivity contribution < 1.29 is 19.7 Å². The highest BCUT2D eigenvalue weighted by atomic mass is 16.5. The average molecular weight is 302 g/mol. The molecule has 0 rings (SSSR count). The van der Waals surface area contributed by atoms with Crippen LogP contribution in [0.2, 0.25) is 0 Å². The topological polar surface area (TPSA) is 66.8 Å². The van der Waals surface area contributed by atoms with Crippen LogP contribution in [0.15, 0.2) is 0 Å². The first-order valence-electron chi connectivity index (χ1n) is 8.68. The molecular formula is C17H34O4. The molecule has 0 aliphatic rings. The van der Waals surface area contributed by atoms with Gasteiger partial charge in [0.25, 0.3) is 0 Å². The molecule has 0 unspecified atom stereocenters. The summed E-state index contributed by atoms with van der Waals surface area (Å²) in [5, 5.41) is 17.3. The fraction of sp³-hybridized carbons (Fsp3) is 0.941. The molecule has 0 bridgehead atoms. The highest BCUT2D eigenvalue weighted by Gasteiger charge is 2.02. The lowest BCUT2D eigenvalue weighted by molar-refractivity contribution is -0.143. The molecule has 21 heavy (non-hydrogen) atoms. The molecule has 0 spiro atoms. The smallest absolute Gasteiger partial charge is 0.305 e. The fourth-order valence-corrected chi connectivity index (χ4v) is 2.27. The molecule has 0 aliphatic heterocycles. The van der Waals surface area contributed by atoms with E-state index < -0.39 is 0 Å². The Hall–Kier alpha value is -0.610. The zero-order chi connectivity index (χ0) is 15.6. The first-order valence-corrected chi connectivity index (χ1v) is 8.68. The Balaban J connectivity index is 3.13. The largest absolute Gasteiger partial charge is 0.466 e. The zero-order valence-electron chi connectivity index (χ0n) is 13.5. The third-order valence-corrected chi connectivity index (χ3v) is 3.60. The van der Waals surface area contributed by atoms with Gasteiger partial charge in [-0.3, -0.25) is 4.79 Å². The number of carbonyl (C=O) groups excluding carboxylic acids is 1. The summed E-state index contributed by atoms with van der Waals surface area (Å²) in [6.07, 6.45) is 13.1. The molecule has 4 heteroatoms. The molecule has 0 aromatic rings. The lowest BCUT2D eigenvalue weighted by atomic mass is 10.1. The molecule has 126 valence electrons. The van der Waals surface area contributed by atoms with Gasteiger partial charge in [-0.1, -0.05) is 51.4 Å². The van der Waals surface area contributed by atoms with Crippen LogP contribution in [0.25, 0.3) is 0 Å². The molecule has 4 nitrogen and oxygen atoms in total. The summed E-state index contributed by atoms with van der Waals surface area (Å²) in [7, 11) is 0. The van der Waals surface area contributed by atoms with E-state index in [4.69, 9.17) is 14.9 Å². The van der Waals surface area contributed by atoms with E-state index in [1.165, 1.54) is 0 Å². The number of hydrogen-bond acceptors (Lipinski definition) is 4. The lowest BCUT2D eigenvalue weighted by Gasteiger charge is -2.05. The van der Waals surface area contributed by atoms with Crippen molar-refractivity contribution in [1.29, 1.82) is 0 Å². The van der Waals surface area contributed by atoms with Gasteiger partial charge < -0.3 is 14.9 Å². The first-order chi connectivity index (χ1) is 10.3. The van der Waals surface area contributed by atoms with Crippen LogP contribution in [0, 0.1) is 0 Å². The first kappa shape index (κ1) is 20.4. The molecule has 0 fully saturated rings. The van der Waals surface area contributed by atoms with Crippen molar-refractivity contribution in [2.45, 2.75) is 83.5 Å². The Morgan fingerprint density at radius 2 is 1.05 bits per heavy atom. The summed E-state index contributed by atoms with van der Waals surface area (Å²) >= 11 is 0. The second kappa shape index (κ2) is 17.4. The van der Waals surface area contributed by atoms with E-state index >= 15 is 0 Å². The predicted molar refractivity (Wildman–Crippen MR) is 85.2 cm³/mol. The van der Waals surface area contributed by atoms with Crippen LogP contribution in [0.1, 0.15) is 83.5 Å². The summed E-state index contributed by atoms with van der Waals surface area (Å²) in [6.45, 7) is 1.13. The van der Waals surface area contributed by atoms with Gasteiger partial charge in [0.05, 0.1) is 6.61 Å². The van der Waals surface area contributed by atoms with Crippen LogP contribution >= 0.6 is 0 Å². The standard InChI is InChI=1S/C17H34O4/c18-14-10-6-2-1-5-9-13-17(20)21-16-12-8-4-3-7-11-15-19/h18-19H,1-16H2.